The van der Waals surface area contributed by atoms with Crippen molar-refractivity contribution in [1.82, 2.24) is 0 Å². The molecule has 0 aromatic carbocycles. The van der Waals surface area contributed by atoms with Crippen LogP contribution >= 0.6 is 0 Å². The van der Waals surface area contributed by atoms with Crippen molar-refractivity contribution >= 4 is 0 Å². The Bertz CT molecular complexity index is 75.8. The van der Waals surface area contributed by atoms with Gasteiger partial charge in [-0.15, -0.1) is 0 Å². The Morgan fingerprint density at radius 1 is 1.25 bits per heavy atom. The lowest BCUT2D eigenvalue weighted by atomic mass is 10.3. The molecule has 0 fully saturated rings. The molecule has 0 rings (SSSR count). The highest BCUT2D eigenvalue weighted by Crippen LogP contribution is 1.96. The van der Waals surface area contributed by atoms with Crippen molar-refractivity contribution < 1.29 is 14.2 Å². The van der Waals surface area contributed by atoms with E-state index in [0.717, 1.165) is 19.6 Å². The number of methoxy groups -OCH3 is 1. The van der Waals surface area contributed by atoms with Gasteiger partial charge in [0, 0.05) is 20.3 Å². The third-order valence-electron chi connectivity index (χ3n) is 1.43. The fraction of sp³-hybridized carbons (Fsp3) is 0.889. The maximum atomic E-state index is 5.31. The lowest BCUT2D eigenvalue weighted by Crippen LogP contribution is -2.14. The van der Waals surface area contributed by atoms with E-state index in [4.69, 9.17) is 14.2 Å². The van der Waals surface area contributed by atoms with Crippen LogP contribution in [0.2, 0.25) is 0 Å². The average molecular weight is 175 g/mol. The smallest absolute Gasteiger partial charge is 0.0704 e. The summed E-state index contributed by atoms with van der Waals surface area (Å²) in [5.41, 5.74) is 0. The van der Waals surface area contributed by atoms with E-state index in [1.165, 1.54) is 0 Å². The second-order valence-electron chi connectivity index (χ2n) is 2.47. The van der Waals surface area contributed by atoms with Crippen LogP contribution in [-0.2, 0) is 14.2 Å². The van der Waals surface area contributed by atoms with Gasteiger partial charge in [0.05, 0.1) is 19.3 Å². The van der Waals surface area contributed by atoms with Gasteiger partial charge in [-0.1, -0.05) is 0 Å². The Morgan fingerprint density at radius 3 is 2.58 bits per heavy atom. The standard InChI is InChI=1S/C9H19O3/c1-4-11-6-5-9(2)12-8-7-10-3/h9H,2,4-8H2,1,3H3. The minimum atomic E-state index is 0.0201. The van der Waals surface area contributed by atoms with Gasteiger partial charge in [0.2, 0.25) is 0 Å². The molecule has 0 amide bonds. The number of hydrogen-bond acceptors (Lipinski definition) is 3. The summed E-state index contributed by atoms with van der Waals surface area (Å²) in [6.07, 6.45) is 0.865. The first-order valence-electron chi connectivity index (χ1n) is 4.32. The van der Waals surface area contributed by atoms with E-state index in [2.05, 4.69) is 6.92 Å². The fourth-order valence-corrected chi connectivity index (χ4v) is 0.741. The zero-order valence-electron chi connectivity index (χ0n) is 8.04. The lowest BCUT2D eigenvalue weighted by molar-refractivity contribution is 0.0191. The van der Waals surface area contributed by atoms with E-state index < -0.39 is 0 Å². The van der Waals surface area contributed by atoms with Crippen LogP contribution in [0.25, 0.3) is 0 Å². The largest absolute Gasteiger partial charge is 0.382 e. The van der Waals surface area contributed by atoms with Gasteiger partial charge >= 0.3 is 0 Å². The molecule has 0 heterocycles. The molecule has 0 aliphatic rings. The van der Waals surface area contributed by atoms with E-state index in [9.17, 15) is 0 Å². The molecule has 0 N–H and O–H groups in total. The van der Waals surface area contributed by atoms with Gasteiger partial charge in [-0.05, 0) is 20.3 Å². The summed E-state index contributed by atoms with van der Waals surface area (Å²) < 4.78 is 15.3. The minimum absolute atomic E-state index is 0.0201. The summed E-state index contributed by atoms with van der Waals surface area (Å²) in [5.74, 6) is 0. The zero-order chi connectivity index (χ0) is 9.23. The molecule has 0 saturated heterocycles. The fourth-order valence-electron chi connectivity index (χ4n) is 0.741. The molecular weight excluding hydrogens is 156 g/mol. The molecule has 1 atom stereocenters. The molecule has 3 heteroatoms. The van der Waals surface area contributed by atoms with E-state index >= 15 is 0 Å². The predicted molar refractivity (Wildman–Crippen MR) is 48.1 cm³/mol. The molecule has 1 unspecified atom stereocenters. The van der Waals surface area contributed by atoms with Gasteiger partial charge in [0.25, 0.3) is 0 Å². The van der Waals surface area contributed by atoms with Crippen LogP contribution in [0.1, 0.15) is 13.3 Å². The van der Waals surface area contributed by atoms with E-state index in [-0.39, 0.29) is 6.10 Å². The average Bonchev–Trinajstić information content (AvgIpc) is 2.06. The van der Waals surface area contributed by atoms with E-state index in [1.807, 2.05) is 6.92 Å². The SMILES string of the molecule is [CH2]C(CCOCC)OCCOC. The first kappa shape index (κ1) is 11.9. The number of hydrogen-bond donors (Lipinski definition) is 0. The quantitative estimate of drug-likeness (QED) is 0.520. The highest BCUT2D eigenvalue weighted by molar-refractivity contribution is 4.58. The maximum absolute atomic E-state index is 5.31. The topological polar surface area (TPSA) is 27.7 Å². The molecular formula is C9H19O3. The molecule has 12 heavy (non-hydrogen) atoms. The first-order chi connectivity index (χ1) is 5.81. The Kier molecular flexibility index (Phi) is 8.88. The molecule has 0 bridgehead atoms. The predicted octanol–water partition coefficient (Wildman–Crippen LogP) is 1.28. The molecule has 0 aromatic rings. The van der Waals surface area contributed by atoms with Crippen molar-refractivity contribution in [3.05, 3.63) is 6.92 Å². The van der Waals surface area contributed by atoms with Gasteiger partial charge in [-0.25, -0.2) is 0 Å². The van der Waals surface area contributed by atoms with Crippen LogP contribution in [0.15, 0.2) is 0 Å². The lowest BCUT2D eigenvalue weighted by Gasteiger charge is -2.11. The van der Waals surface area contributed by atoms with Gasteiger partial charge in [0.15, 0.2) is 0 Å². The monoisotopic (exact) mass is 175 g/mol. The summed E-state index contributed by atoms with van der Waals surface area (Å²) >= 11 is 0. The third-order valence-corrected chi connectivity index (χ3v) is 1.43. The summed E-state index contributed by atoms with van der Waals surface area (Å²) in [6, 6.07) is 0. The summed E-state index contributed by atoms with van der Waals surface area (Å²) in [4.78, 5) is 0. The molecule has 3 nitrogen and oxygen atoms in total. The Morgan fingerprint density at radius 2 is 2.00 bits per heavy atom. The van der Waals surface area contributed by atoms with E-state index in [0.29, 0.717) is 13.2 Å². The molecule has 1 radical (unpaired) electrons. The Labute approximate surface area is 75.0 Å². The normalized spacial score (nSPS) is 13.2. The van der Waals surface area contributed by atoms with Gasteiger partial charge in [0.1, 0.15) is 0 Å². The van der Waals surface area contributed by atoms with Crippen LogP contribution in [0.3, 0.4) is 0 Å². The van der Waals surface area contributed by atoms with Gasteiger partial charge < -0.3 is 14.2 Å². The van der Waals surface area contributed by atoms with Crippen LogP contribution in [0.4, 0.5) is 0 Å². The van der Waals surface area contributed by atoms with Gasteiger partial charge in [-0.2, -0.15) is 0 Å². The third kappa shape index (κ3) is 7.98. The summed E-state index contributed by atoms with van der Waals surface area (Å²) in [6.45, 7) is 8.51. The van der Waals surface area contributed by atoms with E-state index in [1.54, 1.807) is 7.11 Å². The first-order valence-corrected chi connectivity index (χ1v) is 4.32. The van der Waals surface area contributed by atoms with Crippen molar-refractivity contribution in [2.45, 2.75) is 19.4 Å². The molecule has 0 aromatic heterocycles. The van der Waals surface area contributed by atoms with Crippen molar-refractivity contribution in [1.29, 1.82) is 0 Å². The van der Waals surface area contributed by atoms with Gasteiger partial charge in [-0.3, -0.25) is 0 Å². The van der Waals surface area contributed by atoms with Crippen LogP contribution in [-0.4, -0.2) is 39.6 Å². The number of rotatable bonds is 8. The van der Waals surface area contributed by atoms with Crippen LogP contribution in [0.5, 0.6) is 0 Å². The second kappa shape index (κ2) is 8.97. The zero-order valence-corrected chi connectivity index (χ0v) is 8.04. The molecule has 0 aliphatic carbocycles. The highest BCUT2D eigenvalue weighted by Gasteiger charge is 2.00. The number of ether oxygens (including phenoxy) is 3. The molecule has 0 aliphatic heterocycles. The van der Waals surface area contributed by atoms with Crippen molar-refractivity contribution in [2.75, 3.05) is 33.5 Å². The van der Waals surface area contributed by atoms with Crippen LogP contribution in [0, 0.1) is 6.92 Å². The maximum Gasteiger partial charge on any atom is 0.0704 e. The molecule has 0 saturated carbocycles. The summed E-state index contributed by atoms with van der Waals surface area (Å²) in [7, 11) is 1.65. The minimum Gasteiger partial charge on any atom is -0.382 e. The molecule has 0 spiro atoms. The Balaban J connectivity index is 3.04. The molecule has 73 valence electrons. The van der Waals surface area contributed by atoms with Crippen molar-refractivity contribution in [3.8, 4) is 0 Å². The van der Waals surface area contributed by atoms with Crippen molar-refractivity contribution in [3.63, 3.8) is 0 Å². The van der Waals surface area contributed by atoms with Crippen molar-refractivity contribution in [2.24, 2.45) is 0 Å². The second-order valence-corrected chi connectivity index (χ2v) is 2.47. The summed E-state index contributed by atoms with van der Waals surface area (Å²) in [5, 5.41) is 0. The highest BCUT2D eigenvalue weighted by atomic mass is 16.5. The Hall–Kier alpha value is -0.120. The van der Waals surface area contributed by atoms with Crippen LogP contribution < -0.4 is 0 Å².